The number of hydrogen-bond acceptors (Lipinski definition) is 7. The molecule has 3 rings (SSSR count). The van der Waals surface area contributed by atoms with Crippen LogP contribution in [-0.4, -0.2) is 38.4 Å². The lowest BCUT2D eigenvalue weighted by Crippen LogP contribution is -2.25. The molecule has 0 aliphatic rings. The van der Waals surface area contributed by atoms with Gasteiger partial charge in [0.2, 0.25) is 0 Å². The smallest absolute Gasteiger partial charge is 0.330 e. The maximum atomic E-state index is 14.6. The van der Waals surface area contributed by atoms with E-state index in [1.54, 1.807) is 48.5 Å². The highest BCUT2D eigenvalue weighted by molar-refractivity contribution is 7.85. The van der Waals surface area contributed by atoms with Gasteiger partial charge < -0.3 is 23.5 Å². The molecule has 186 valence electrons. The largest absolute Gasteiger partial charge is 0.490 e. The van der Waals surface area contributed by atoms with Crippen molar-refractivity contribution >= 4 is 35.0 Å². The van der Waals surface area contributed by atoms with Crippen molar-refractivity contribution in [2.75, 3.05) is 26.4 Å². The van der Waals surface area contributed by atoms with Crippen LogP contribution in [0, 0.1) is 0 Å². The zero-order chi connectivity index (χ0) is 25.8. The molecule has 0 saturated heterocycles. The highest BCUT2D eigenvalue weighted by atomic mass is 31.2. The van der Waals surface area contributed by atoms with E-state index in [0.29, 0.717) is 27.4 Å². The summed E-state index contributed by atoms with van der Waals surface area (Å²) in [5.74, 6) is 0.110. The van der Waals surface area contributed by atoms with Crippen LogP contribution < -0.4 is 25.4 Å². The maximum Gasteiger partial charge on any atom is 0.330 e. The second-order valence-electron chi connectivity index (χ2n) is 7.37. The minimum Gasteiger partial charge on any atom is -0.490 e. The lowest BCUT2D eigenvalue weighted by atomic mass is 10.3. The number of benzene rings is 3. The summed E-state index contributed by atoms with van der Waals surface area (Å²) in [5, 5.41) is 1.98. The average Bonchev–Trinajstić information content (AvgIpc) is 2.93. The average molecular weight is 506 g/mol. The number of rotatable bonds is 13. The summed E-state index contributed by atoms with van der Waals surface area (Å²) in [4.78, 5) is 22.2. The second-order valence-corrected chi connectivity index (χ2v) is 10.1. The third kappa shape index (κ3) is 6.96. The van der Waals surface area contributed by atoms with E-state index in [9.17, 15) is 14.2 Å². The summed E-state index contributed by atoms with van der Waals surface area (Å²) in [6.45, 7) is 7.25. The first-order valence-corrected chi connectivity index (χ1v) is 12.9. The Morgan fingerprint density at radius 1 is 0.611 bits per heavy atom. The summed E-state index contributed by atoms with van der Waals surface area (Å²) in [5.41, 5.74) is 0. The van der Waals surface area contributed by atoms with Gasteiger partial charge in [0, 0.05) is 28.1 Å². The standard InChI is InChI=1S/C28H27O7P/c1-3-27(29)34-20-18-32-22-10-14-25(15-11-22)36(31,24-8-6-5-7-9-24)26-16-12-23(13-17-26)33-19-21-35-28(30)4-2/h3-17H,1-2,18-21H2. The molecule has 0 saturated carbocycles. The normalized spacial score (nSPS) is 10.7. The third-order valence-corrected chi connectivity index (χ3v) is 8.12. The van der Waals surface area contributed by atoms with E-state index in [4.69, 9.17) is 18.9 Å². The van der Waals surface area contributed by atoms with Crippen LogP contribution >= 0.6 is 7.14 Å². The van der Waals surface area contributed by atoms with Gasteiger partial charge in [-0.3, -0.25) is 0 Å². The zero-order valence-electron chi connectivity index (χ0n) is 19.7. The van der Waals surface area contributed by atoms with E-state index in [-0.39, 0.29) is 26.4 Å². The number of ether oxygens (including phenoxy) is 4. The SMILES string of the molecule is C=CC(=O)OCCOc1ccc(P(=O)(c2ccccc2)c2ccc(OCCOC(=O)C=C)cc2)cc1. The molecular weight excluding hydrogens is 479 g/mol. The van der Waals surface area contributed by atoms with Gasteiger partial charge in [0.25, 0.3) is 0 Å². The second kappa shape index (κ2) is 13.1. The van der Waals surface area contributed by atoms with Crippen LogP contribution in [0.3, 0.4) is 0 Å². The van der Waals surface area contributed by atoms with E-state index in [2.05, 4.69) is 13.2 Å². The van der Waals surface area contributed by atoms with Gasteiger partial charge in [-0.05, 0) is 48.5 Å². The molecule has 8 heteroatoms. The monoisotopic (exact) mass is 506 g/mol. The van der Waals surface area contributed by atoms with Crippen molar-refractivity contribution in [2.24, 2.45) is 0 Å². The van der Waals surface area contributed by atoms with Crippen LogP contribution in [0.4, 0.5) is 0 Å². The fraction of sp³-hybridized carbons (Fsp3) is 0.143. The molecule has 0 amide bonds. The molecule has 0 N–H and O–H groups in total. The van der Waals surface area contributed by atoms with Crippen molar-refractivity contribution in [2.45, 2.75) is 0 Å². The lowest BCUT2D eigenvalue weighted by molar-refractivity contribution is -0.139. The lowest BCUT2D eigenvalue weighted by Gasteiger charge is -2.20. The Labute approximate surface area is 210 Å². The Hall–Kier alpha value is -4.09. The molecule has 0 bridgehead atoms. The molecule has 3 aromatic carbocycles. The van der Waals surface area contributed by atoms with E-state index in [1.165, 1.54) is 0 Å². The van der Waals surface area contributed by atoms with Crippen molar-refractivity contribution in [1.29, 1.82) is 0 Å². The Balaban J connectivity index is 1.76. The highest BCUT2D eigenvalue weighted by Crippen LogP contribution is 2.42. The maximum absolute atomic E-state index is 14.6. The summed E-state index contributed by atoms with van der Waals surface area (Å²) in [6, 6.07) is 23.3. The molecule has 0 heterocycles. The number of carbonyl (C=O) groups excluding carboxylic acids is 2. The Kier molecular flexibility index (Phi) is 9.66. The Morgan fingerprint density at radius 3 is 1.39 bits per heavy atom. The van der Waals surface area contributed by atoms with Gasteiger partial charge in [-0.2, -0.15) is 0 Å². The molecule has 0 spiro atoms. The van der Waals surface area contributed by atoms with Gasteiger partial charge in [-0.15, -0.1) is 0 Å². The van der Waals surface area contributed by atoms with Gasteiger partial charge in [-0.1, -0.05) is 43.5 Å². The number of esters is 2. The van der Waals surface area contributed by atoms with E-state index in [0.717, 1.165) is 12.2 Å². The molecule has 3 aromatic rings. The molecule has 0 aliphatic heterocycles. The summed E-state index contributed by atoms with van der Waals surface area (Å²) >= 11 is 0. The highest BCUT2D eigenvalue weighted by Gasteiger charge is 2.29. The van der Waals surface area contributed by atoms with Crippen LogP contribution in [0.15, 0.2) is 104 Å². The van der Waals surface area contributed by atoms with E-state index < -0.39 is 19.1 Å². The number of hydrogen-bond donors (Lipinski definition) is 0. The van der Waals surface area contributed by atoms with Crippen molar-refractivity contribution < 1.29 is 33.1 Å². The third-order valence-electron chi connectivity index (χ3n) is 5.05. The molecule has 7 nitrogen and oxygen atoms in total. The van der Waals surface area contributed by atoms with Crippen molar-refractivity contribution in [1.82, 2.24) is 0 Å². The zero-order valence-corrected chi connectivity index (χ0v) is 20.6. The first kappa shape index (κ1) is 26.5. The Morgan fingerprint density at radius 2 is 1.00 bits per heavy atom. The van der Waals surface area contributed by atoms with Gasteiger partial charge >= 0.3 is 11.9 Å². The molecule has 0 radical (unpaired) electrons. The topological polar surface area (TPSA) is 88.1 Å². The van der Waals surface area contributed by atoms with Crippen LogP contribution in [-0.2, 0) is 23.6 Å². The Bertz CT molecular complexity index is 1140. The molecule has 0 aromatic heterocycles. The first-order chi connectivity index (χ1) is 17.5. The minimum absolute atomic E-state index is 0.0974. The quantitative estimate of drug-likeness (QED) is 0.152. The molecule has 0 unspecified atom stereocenters. The van der Waals surface area contributed by atoms with Crippen molar-refractivity contribution in [3.63, 3.8) is 0 Å². The van der Waals surface area contributed by atoms with Crippen LogP contribution in [0.2, 0.25) is 0 Å². The van der Waals surface area contributed by atoms with Crippen molar-refractivity contribution in [3.8, 4) is 11.5 Å². The predicted octanol–water partition coefficient (Wildman–Crippen LogP) is 3.54. The summed E-state index contributed by atoms with van der Waals surface area (Å²) in [6.07, 6.45) is 2.19. The number of carbonyl (C=O) groups is 2. The molecule has 0 fully saturated rings. The van der Waals surface area contributed by atoms with Gasteiger partial charge in [0.15, 0.2) is 7.14 Å². The van der Waals surface area contributed by atoms with E-state index >= 15 is 0 Å². The summed E-state index contributed by atoms with van der Waals surface area (Å²) < 4.78 is 35.6. The van der Waals surface area contributed by atoms with Crippen LogP contribution in [0.25, 0.3) is 0 Å². The first-order valence-electron chi connectivity index (χ1n) is 11.2. The van der Waals surface area contributed by atoms with Gasteiger partial charge in [0.05, 0.1) is 0 Å². The fourth-order valence-electron chi connectivity index (χ4n) is 3.31. The molecular formula is C28H27O7P. The molecule has 36 heavy (non-hydrogen) atoms. The molecule has 0 aliphatic carbocycles. The van der Waals surface area contributed by atoms with Crippen LogP contribution in [0.5, 0.6) is 11.5 Å². The minimum atomic E-state index is -3.19. The fourth-order valence-corrected chi connectivity index (χ4v) is 5.94. The molecule has 0 atom stereocenters. The van der Waals surface area contributed by atoms with Crippen molar-refractivity contribution in [3.05, 3.63) is 104 Å². The summed E-state index contributed by atoms with van der Waals surface area (Å²) in [7, 11) is -3.19. The van der Waals surface area contributed by atoms with Crippen LogP contribution in [0.1, 0.15) is 0 Å². The van der Waals surface area contributed by atoms with Gasteiger partial charge in [0.1, 0.15) is 37.9 Å². The van der Waals surface area contributed by atoms with Gasteiger partial charge in [-0.25, -0.2) is 9.59 Å². The predicted molar refractivity (Wildman–Crippen MR) is 139 cm³/mol. The van der Waals surface area contributed by atoms with E-state index in [1.807, 2.05) is 30.3 Å².